The van der Waals surface area contributed by atoms with Gasteiger partial charge in [-0.25, -0.2) is 9.48 Å². The zero-order chi connectivity index (χ0) is 18.8. The van der Waals surface area contributed by atoms with Crippen LogP contribution in [0.3, 0.4) is 0 Å². The molecule has 0 bridgehead atoms. The fourth-order valence-electron chi connectivity index (χ4n) is 2.60. The number of tetrazole rings is 1. The number of hydrogen-bond acceptors (Lipinski definition) is 9. The van der Waals surface area contributed by atoms with Crippen LogP contribution in [0, 0.1) is 0 Å². The molecular weight excluding hydrogens is 368 g/mol. The van der Waals surface area contributed by atoms with Crippen LogP contribution >= 0.6 is 11.8 Å². The van der Waals surface area contributed by atoms with Crippen molar-refractivity contribution in [1.29, 1.82) is 0 Å². The minimum atomic E-state index is -1.29. The number of β-lactam (4-membered cyclic amide) rings is 1. The number of nitrogens with zero attached hydrogens (tertiary/aromatic N) is 5. The molecule has 0 saturated carbocycles. The lowest BCUT2D eigenvalue weighted by molar-refractivity contribution is -0.151. The second kappa shape index (κ2) is 7.11. The molecule has 0 spiro atoms. The summed E-state index contributed by atoms with van der Waals surface area (Å²) in [7, 11) is 0. The quantitative estimate of drug-likeness (QED) is 0.415. The molecule has 3 heterocycles. The molecule has 1 aromatic heterocycles. The predicted molar refractivity (Wildman–Crippen MR) is 84.1 cm³/mol. The van der Waals surface area contributed by atoms with Gasteiger partial charge in [-0.2, -0.15) is 0 Å². The second-order valence-electron chi connectivity index (χ2n) is 5.50. The van der Waals surface area contributed by atoms with Crippen LogP contribution in [0.15, 0.2) is 17.6 Å². The van der Waals surface area contributed by atoms with Gasteiger partial charge in [0.05, 0.1) is 0 Å². The van der Waals surface area contributed by atoms with Gasteiger partial charge < -0.3 is 15.2 Å². The molecule has 2 N–H and O–H groups in total. The van der Waals surface area contributed by atoms with Crippen molar-refractivity contribution in [2.24, 2.45) is 0 Å². The van der Waals surface area contributed by atoms with Gasteiger partial charge >= 0.3 is 11.9 Å². The van der Waals surface area contributed by atoms with Gasteiger partial charge in [-0.05, 0) is 10.4 Å². The molecule has 1 aromatic rings. The number of esters is 1. The maximum Gasteiger partial charge on any atom is 0.352 e. The van der Waals surface area contributed by atoms with Crippen molar-refractivity contribution in [3.05, 3.63) is 17.6 Å². The third-order valence-corrected chi connectivity index (χ3v) is 5.05. The van der Waals surface area contributed by atoms with Crippen molar-refractivity contribution in [1.82, 2.24) is 30.4 Å². The summed E-state index contributed by atoms with van der Waals surface area (Å²) in [6.45, 7) is 0.856. The standard InChI is InChI=1S/C13H14N6O6S/c1-6(20)25-3-7-4-26-12-9(11(22)19(12)10(7)13(23)24)15-8(21)2-18-5-14-16-17-18/h5,9,12H,2-4H2,1H3,(H,15,21)(H,23,24)/t9-,12-/m0/s1. The van der Waals surface area contributed by atoms with Crippen LogP contribution in [0.25, 0.3) is 0 Å². The Morgan fingerprint density at radius 2 is 2.23 bits per heavy atom. The molecule has 138 valence electrons. The summed E-state index contributed by atoms with van der Waals surface area (Å²) >= 11 is 1.29. The van der Waals surface area contributed by atoms with Crippen LogP contribution < -0.4 is 5.32 Å². The van der Waals surface area contributed by atoms with Gasteiger partial charge in [-0.1, -0.05) is 0 Å². The molecule has 2 aliphatic rings. The minimum Gasteiger partial charge on any atom is -0.477 e. The van der Waals surface area contributed by atoms with Crippen LogP contribution in [0.1, 0.15) is 6.92 Å². The van der Waals surface area contributed by atoms with Crippen LogP contribution in [-0.2, 0) is 30.5 Å². The van der Waals surface area contributed by atoms with E-state index in [1.54, 1.807) is 0 Å². The SMILES string of the molecule is CC(=O)OCC1=C(C(=O)O)N2C(=O)[C@H](NC(=O)Cn3cnnn3)[C@@H]2SC1. The lowest BCUT2D eigenvalue weighted by Gasteiger charge is -2.49. The summed E-state index contributed by atoms with van der Waals surface area (Å²) in [5.41, 5.74) is 0.131. The first-order chi connectivity index (χ1) is 12.4. The second-order valence-corrected chi connectivity index (χ2v) is 6.60. The van der Waals surface area contributed by atoms with E-state index in [1.165, 1.54) is 29.7 Å². The summed E-state index contributed by atoms with van der Waals surface area (Å²) in [4.78, 5) is 48.0. The van der Waals surface area contributed by atoms with E-state index >= 15 is 0 Å². The number of amides is 2. The molecule has 1 fully saturated rings. The highest BCUT2D eigenvalue weighted by Gasteiger charge is 2.54. The number of thioether (sulfide) groups is 1. The number of aliphatic carboxylic acids is 1. The fourth-order valence-corrected chi connectivity index (χ4v) is 3.93. The highest BCUT2D eigenvalue weighted by Crippen LogP contribution is 2.40. The average molecular weight is 382 g/mol. The molecule has 0 unspecified atom stereocenters. The molecule has 0 aliphatic carbocycles. The number of nitrogens with one attached hydrogen (secondary N) is 1. The number of carbonyl (C=O) groups is 4. The molecule has 2 amide bonds. The molecule has 0 radical (unpaired) electrons. The van der Waals surface area contributed by atoms with Crippen molar-refractivity contribution >= 4 is 35.5 Å². The highest BCUT2D eigenvalue weighted by atomic mass is 32.2. The Morgan fingerprint density at radius 3 is 2.85 bits per heavy atom. The summed E-state index contributed by atoms with van der Waals surface area (Å²) in [6.07, 6.45) is 1.26. The number of hydrogen-bond donors (Lipinski definition) is 2. The Bertz CT molecular complexity index is 793. The smallest absolute Gasteiger partial charge is 0.352 e. The van der Waals surface area contributed by atoms with E-state index in [1.807, 2.05) is 0 Å². The van der Waals surface area contributed by atoms with Crippen molar-refractivity contribution in [2.75, 3.05) is 12.4 Å². The molecular formula is C13H14N6O6S. The molecule has 0 aromatic carbocycles. The van der Waals surface area contributed by atoms with Crippen LogP contribution in [0.5, 0.6) is 0 Å². The molecule has 12 nitrogen and oxygen atoms in total. The zero-order valence-electron chi connectivity index (χ0n) is 13.5. The number of rotatable bonds is 6. The van der Waals surface area contributed by atoms with Crippen LogP contribution in [-0.4, -0.2) is 77.7 Å². The Kier molecular flexibility index (Phi) is 4.88. The first kappa shape index (κ1) is 17.8. The van der Waals surface area contributed by atoms with Crippen molar-refractivity contribution in [2.45, 2.75) is 24.9 Å². The summed E-state index contributed by atoms with van der Waals surface area (Å²) in [6, 6.07) is -0.839. The Hall–Kier alpha value is -2.96. The van der Waals surface area contributed by atoms with E-state index in [4.69, 9.17) is 4.74 Å². The summed E-state index contributed by atoms with van der Waals surface area (Å²) in [5, 5.41) is 21.8. The molecule has 3 rings (SSSR count). The van der Waals surface area contributed by atoms with Gasteiger partial charge in [0.1, 0.15) is 36.6 Å². The number of fused-ring (bicyclic) bond motifs is 1. The van der Waals surface area contributed by atoms with E-state index in [0.29, 0.717) is 5.57 Å². The normalized spacial score (nSPS) is 21.7. The largest absolute Gasteiger partial charge is 0.477 e. The molecule has 2 aliphatic heterocycles. The van der Waals surface area contributed by atoms with Crippen molar-refractivity contribution < 1.29 is 29.0 Å². The van der Waals surface area contributed by atoms with E-state index in [0.717, 1.165) is 4.90 Å². The number of carboxylic acids is 1. The maximum atomic E-state index is 12.4. The van der Waals surface area contributed by atoms with Crippen LogP contribution in [0.2, 0.25) is 0 Å². The minimum absolute atomic E-state index is 0.159. The van der Waals surface area contributed by atoms with E-state index in [9.17, 15) is 24.3 Å². The van der Waals surface area contributed by atoms with E-state index in [2.05, 4.69) is 20.8 Å². The van der Waals surface area contributed by atoms with Gasteiger partial charge in [0, 0.05) is 18.2 Å². The fraction of sp³-hybridized carbons (Fsp3) is 0.462. The Morgan fingerprint density at radius 1 is 1.46 bits per heavy atom. The molecule has 13 heteroatoms. The third kappa shape index (κ3) is 3.37. The molecule has 1 saturated heterocycles. The lowest BCUT2D eigenvalue weighted by atomic mass is 10.0. The number of aromatic nitrogens is 4. The van der Waals surface area contributed by atoms with Gasteiger partial charge in [0.2, 0.25) is 5.91 Å². The maximum absolute atomic E-state index is 12.4. The van der Waals surface area contributed by atoms with Crippen LogP contribution in [0.4, 0.5) is 0 Å². The average Bonchev–Trinajstić information content (AvgIpc) is 3.09. The first-order valence-corrected chi connectivity index (χ1v) is 8.47. The Labute approximate surface area is 150 Å². The summed E-state index contributed by atoms with van der Waals surface area (Å²) < 4.78 is 6.05. The topological polar surface area (TPSA) is 157 Å². The van der Waals surface area contributed by atoms with Gasteiger partial charge in [0.25, 0.3) is 5.91 Å². The monoisotopic (exact) mass is 382 g/mol. The first-order valence-electron chi connectivity index (χ1n) is 7.42. The third-order valence-electron chi connectivity index (χ3n) is 3.71. The van der Waals surface area contributed by atoms with Gasteiger partial charge in [0.15, 0.2) is 0 Å². The molecule has 26 heavy (non-hydrogen) atoms. The van der Waals surface area contributed by atoms with Gasteiger partial charge in [-0.15, -0.1) is 16.9 Å². The van der Waals surface area contributed by atoms with Crippen molar-refractivity contribution in [3.8, 4) is 0 Å². The van der Waals surface area contributed by atoms with E-state index < -0.39 is 35.2 Å². The van der Waals surface area contributed by atoms with Crippen molar-refractivity contribution in [3.63, 3.8) is 0 Å². The Balaban J connectivity index is 1.69. The lowest BCUT2D eigenvalue weighted by Crippen LogP contribution is -2.70. The number of ether oxygens (including phenoxy) is 1. The highest BCUT2D eigenvalue weighted by molar-refractivity contribution is 8.00. The number of carboxylic acid groups (broad SMARTS) is 1. The number of carbonyl (C=O) groups excluding carboxylic acids is 3. The molecule has 2 atom stereocenters. The predicted octanol–water partition coefficient (Wildman–Crippen LogP) is -2.03. The zero-order valence-corrected chi connectivity index (χ0v) is 14.3. The van der Waals surface area contributed by atoms with Gasteiger partial charge in [-0.3, -0.25) is 19.3 Å². The van der Waals surface area contributed by atoms with E-state index in [-0.39, 0.29) is 24.6 Å². The summed E-state index contributed by atoms with van der Waals surface area (Å²) in [5.74, 6) is -2.57.